The van der Waals surface area contributed by atoms with Crippen molar-refractivity contribution in [3.8, 4) is 34.5 Å². The van der Waals surface area contributed by atoms with Crippen LogP contribution in [0.4, 0.5) is 56.9 Å². The van der Waals surface area contributed by atoms with Crippen LogP contribution in [0, 0.1) is 75.7 Å². The summed E-state index contributed by atoms with van der Waals surface area (Å²) >= 11 is 14.5. The maximum absolute atomic E-state index is 11.3. The molecule has 6 aromatic carbocycles. The molecule has 36 nitrogen and oxygen atoms in total. The summed E-state index contributed by atoms with van der Waals surface area (Å²) in [5, 5.41) is 48.3. The number of aromatic nitrogens is 2. The van der Waals surface area contributed by atoms with Gasteiger partial charge in [-0.25, -0.2) is 0 Å². The van der Waals surface area contributed by atoms with Crippen LogP contribution in [0.1, 0.15) is 119 Å². The van der Waals surface area contributed by atoms with E-state index in [2.05, 4.69) is 119 Å². The molecule has 0 saturated carbocycles. The number of nitro groups is 1. The Hall–Kier alpha value is -12.3. The third-order valence-corrected chi connectivity index (χ3v) is 22.0. The van der Waals surface area contributed by atoms with Gasteiger partial charge in [0.15, 0.2) is 48.9 Å². The number of nitrogen functional groups attached to an aromatic ring is 2. The van der Waals surface area contributed by atoms with Crippen molar-refractivity contribution in [1.29, 1.82) is 0 Å². The van der Waals surface area contributed by atoms with Crippen LogP contribution in [0.3, 0.4) is 0 Å². The van der Waals surface area contributed by atoms with Crippen LogP contribution < -0.4 is 88.3 Å². The molecule has 11 aliphatic rings. The summed E-state index contributed by atoms with van der Waals surface area (Å²) in [5.74, 6) is 6.20. The fourth-order valence-electron chi connectivity index (χ4n) is 13.3. The number of nitro benzene ring substituents is 1. The zero-order valence-electron chi connectivity index (χ0n) is 76.8. The predicted octanol–water partition coefficient (Wildman–Crippen LogP) is 14.3. The minimum Gasteiger partial charge on any atom is -0.506 e. The Labute approximate surface area is 806 Å². The molecule has 4 amide bonds. The first-order valence-electron chi connectivity index (χ1n) is 42.2. The number of phenolic OH excluding ortho intramolecular Hbond substituents is 1. The zero-order chi connectivity index (χ0) is 96.4. The summed E-state index contributed by atoms with van der Waals surface area (Å²) in [6.07, 6.45) is 18.0. The average molecular weight is 2010 g/mol. The molecule has 2 unspecified atom stereocenters. The standard InChI is InChI=1S/C12H14N4O2.C12H16N4O.C10H14N2S.C9H8N2O4.C9H10N2O2.C9H9NO2.C8H12O.C7H9NO.C6H8O.C3H6N2O3S.C2H2Cl2O.C2H6.CH3B.CH3.Pd/c1-7-8(15-12-13-4-5-14-12)2-3-9-11(7)16-10(17)6-18-9;1-8-9(16-12-14-4-5-15-12)2-3-10-11(8)13-6-7-17-10;1-7-3-2-4-8(7)5-9-6-11-10(13)12-9;1-5-6(11(13)14)2-3-7-9(5)10-8(12)4-15-7;1-5-6(10)2-3-7-9(5)11-8(12)4-13-7;1-6-3-2-4-7-9(6)10-8(11)5-12-7;1-7-3-2-4-8(7)5-6-9;1-5-3-2-4-6(9)7(5)8;1-5-3-2-4-6(5)7;6-9(7,8)3-4-1-2-5-3;3-1-2(4)5;2*1-2;;/h2-3H,4-6H2,1H3,(H,16,17)(H2,13,14,15);2-3,13H,4-7H2,1H3,(H2,14,15,16);3,6,8H,2,4-5H2,1H3,(H2,11,12,13);2-3H,4H2,1H3,(H,10,12);2-3H,4,10H2,1H3,(H,11,12);2-4H,5H2,1H3,(H,10,11);3,6,8H,2,4-5H2,1H3;2-4,9H,8H2,1H3;3H,2,4H2,1H3;1-2H2,(H,4,5)(H,6,7,8);1H2;1-2H3;1H3;1H3;/q;;;;;;;;;;;;;-1;. The van der Waals surface area contributed by atoms with Crippen LogP contribution >= 0.6 is 35.4 Å². The van der Waals surface area contributed by atoms with Crippen LogP contribution in [-0.4, -0.2) is 184 Å². The number of hydrogen-bond donors (Lipinski definition) is 16. The van der Waals surface area contributed by atoms with E-state index in [4.69, 9.17) is 80.2 Å². The zero-order valence-corrected chi connectivity index (χ0v) is 81.5. The molecule has 9 heterocycles. The van der Waals surface area contributed by atoms with E-state index in [-0.39, 0.29) is 100 Å². The number of nitrogens with zero attached hydrogens (tertiary/aromatic N) is 4. The largest absolute Gasteiger partial charge is 0.506 e. The molecule has 133 heavy (non-hydrogen) atoms. The van der Waals surface area contributed by atoms with Crippen molar-refractivity contribution in [1.82, 2.24) is 25.9 Å². The summed E-state index contributed by atoms with van der Waals surface area (Å²) in [4.78, 5) is 103. The number of hydrogen-bond acceptors (Lipinski definition) is 29. The van der Waals surface area contributed by atoms with E-state index in [0.29, 0.717) is 70.4 Å². The van der Waals surface area contributed by atoms with E-state index in [1.165, 1.54) is 67.0 Å². The van der Waals surface area contributed by atoms with E-state index in [1.54, 1.807) is 31.2 Å². The van der Waals surface area contributed by atoms with Gasteiger partial charge in [-0.2, -0.15) is 8.42 Å². The second-order valence-corrected chi connectivity index (χ2v) is 32.0. The number of ketones is 1. The molecule has 2 radical (unpaired) electrons. The van der Waals surface area contributed by atoms with Gasteiger partial charge in [-0.05, 0) is 224 Å². The van der Waals surface area contributed by atoms with Crippen LogP contribution in [-0.2, 0) is 70.5 Å². The molecule has 18 rings (SSSR count). The van der Waals surface area contributed by atoms with Gasteiger partial charge < -0.3 is 116 Å². The number of halogens is 2. The van der Waals surface area contributed by atoms with Gasteiger partial charge in [0.2, 0.25) is 10.4 Å². The van der Waals surface area contributed by atoms with Crippen molar-refractivity contribution >= 4 is 168 Å². The number of nitrogens with two attached hydrogens (primary N) is 2. The quantitative estimate of drug-likeness (QED) is 0.00546. The number of aromatic amines is 2. The maximum atomic E-state index is 11.3. The molecular weight excluding hydrogens is 1890 g/mol. The number of amidine groups is 1. The normalized spacial score (nSPS) is 16.1. The van der Waals surface area contributed by atoms with Gasteiger partial charge in [-0.15, -0.1) is 11.6 Å². The Morgan fingerprint density at radius 2 is 1.07 bits per heavy atom. The van der Waals surface area contributed by atoms with E-state index in [9.17, 15) is 52.1 Å². The summed E-state index contributed by atoms with van der Waals surface area (Å²) in [5.41, 5.74) is 28.3. The Morgan fingerprint density at radius 1 is 0.609 bits per heavy atom. The number of fused-ring (bicyclic) bond motifs is 5. The number of benzene rings is 6. The number of rotatable bonds is 8. The number of aldehydes is 1. The number of carbonyl (C=O) groups is 7. The minimum absolute atomic E-state index is 0. The fourth-order valence-corrected chi connectivity index (χ4v) is 14.1. The van der Waals surface area contributed by atoms with Crippen LogP contribution in [0.15, 0.2) is 141 Å². The van der Waals surface area contributed by atoms with E-state index in [1.807, 2.05) is 109 Å². The van der Waals surface area contributed by atoms with Gasteiger partial charge in [-0.1, -0.05) is 74.3 Å². The number of H-pyrrole nitrogens is 2. The summed E-state index contributed by atoms with van der Waals surface area (Å²) < 4.78 is 55.9. The third kappa shape index (κ3) is 36.3. The summed E-state index contributed by atoms with van der Waals surface area (Å²) in [6.45, 7) is 29.0. The molecule has 18 N–H and O–H groups in total. The number of alkyl halides is 1. The van der Waals surface area contributed by atoms with Crippen molar-refractivity contribution < 1.29 is 101 Å². The Bertz CT molecular complexity index is 5540. The van der Waals surface area contributed by atoms with Gasteiger partial charge in [0.1, 0.15) is 47.4 Å². The van der Waals surface area contributed by atoms with Crippen molar-refractivity contribution in [2.45, 2.75) is 134 Å². The summed E-state index contributed by atoms with van der Waals surface area (Å²) in [7, 11) is 0.436. The molecule has 3 aliphatic carbocycles. The fraction of sp³-hybridized carbons (Fsp3) is 0.385. The Kier molecular flexibility index (Phi) is 49.2. The van der Waals surface area contributed by atoms with Crippen LogP contribution in [0.25, 0.3) is 0 Å². The number of allylic oxidation sites excluding steroid dienone is 6. The smallest absolute Gasteiger partial charge is 0.327 e. The molecule has 0 spiro atoms. The number of amides is 4. The van der Waals surface area contributed by atoms with Gasteiger partial charge in [0.25, 0.3) is 29.3 Å². The molecule has 0 saturated heterocycles. The van der Waals surface area contributed by atoms with Crippen LogP contribution in [0.5, 0.6) is 34.5 Å². The number of imidazole rings is 1. The summed E-state index contributed by atoms with van der Waals surface area (Å²) in [6, 6.07) is 25.1. The number of aromatic hydroxyl groups is 1. The number of Topliss-reactive ketones (excluding diaryl/α,β-unsaturated/α-hetero) is 1. The molecule has 0 bridgehead atoms. The monoisotopic (exact) mass is 2000 g/mol. The molecular formula is C91H120BCl2N18O18PdS2-. The van der Waals surface area contributed by atoms with Gasteiger partial charge in [-0.3, -0.25) is 58.4 Å². The maximum Gasteiger partial charge on any atom is 0.327 e. The number of aryl methyl sites for hydroxylation is 2. The van der Waals surface area contributed by atoms with Gasteiger partial charge in [0, 0.05) is 94.5 Å². The number of nitrogens with one attached hydrogen (secondary N) is 12. The van der Waals surface area contributed by atoms with Crippen molar-refractivity contribution in [3.63, 3.8) is 0 Å². The third-order valence-electron chi connectivity index (χ3n) is 20.5. The number of aliphatic imine (C=N–C) groups is 3. The predicted molar refractivity (Wildman–Crippen MR) is 527 cm³/mol. The van der Waals surface area contributed by atoms with E-state index in [0.717, 1.165) is 162 Å². The van der Waals surface area contributed by atoms with Crippen molar-refractivity contribution in [2.24, 2.45) is 26.8 Å². The van der Waals surface area contributed by atoms with Crippen LogP contribution in [0.2, 0.25) is 6.82 Å². The number of carbonyl (C=O) groups excluding carboxylic acids is 7. The van der Waals surface area contributed by atoms with Gasteiger partial charge in [0.05, 0.1) is 78.0 Å². The molecule has 722 valence electrons. The Morgan fingerprint density at radius 3 is 1.48 bits per heavy atom. The van der Waals surface area contributed by atoms with E-state index >= 15 is 0 Å². The van der Waals surface area contributed by atoms with Crippen molar-refractivity contribution in [2.75, 3.05) is 133 Å². The number of anilines is 9. The van der Waals surface area contributed by atoms with E-state index < -0.39 is 20.3 Å². The average Bonchev–Trinajstić information content (AvgIpc) is 1.80. The first kappa shape index (κ1) is 113. The SMILES string of the molecule is CC.CC1=CCCC1=O.CC1=CCCC1CC=O.CC1=CCCC1Cc1c[nH]c(=S)[nH]1.Cc1c(N)ccc2c1NC(=O)CO2.Cc1c(NC2=NCCN2)ccc2c1NC(=O)CO2.Cc1c(NC2=NCCN2)ccc2c1NCCO2.Cc1c([N+](=O)[O-])ccc2c1NC(=O)CO2.Cc1cccc(O)c1N.Cc1cccc2c1NC(=O)CO2.O=C(Cl)CCl.O=S(=O)(O)C1=NCCN1.[B]C.[CH3-].[Pd]. The minimum atomic E-state index is -4.06. The second-order valence-electron chi connectivity index (χ2n) is 29.6. The topological polar surface area (TPSA) is 524 Å². The molecule has 8 aliphatic heterocycles. The first-order valence-corrected chi connectivity index (χ1v) is 45.0. The molecule has 2 atom stereocenters. The first-order chi connectivity index (χ1) is 62.6. The molecule has 0 fully saturated rings. The molecule has 1 aromatic heterocycles. The number of guanidine groups is 2. The van der Waals surface area contributed by atoms with Gasteiger partial charge >= 0.3 is 10.1 Å². The number of ether oxygens (including phenoxy) is 5. The second kappa shape index (κ2) is 57.9. The molecule has 42 heteroatoms. The number of phenols is 1. The Balaban J connectivity index is 0.000000308. The van der Waals surface area contributed by atoms with Crippen molar-refractivity contribution in [3.05, 3.63) is 187 Å². The number of para-hydroxylation sites is 2. The molecule has 7 aromatic rings.